The average Bonchev–Trinajstić information content (AvgIpc) is 2.49. The number of nitrogens with one attached hydrogen (secondary N) is 1. The van der Waals surface area contributed by atoms with Crippen LogP contribution in [-0.4, -0.2) is 41.8 Å². The fourth-order valence-electron chi connectivity index (χ4n) is 2.19. The molecule has 124 valence electrons. The Balaban J connectivity index is 2.19. The van der Waals surface area contributed by atoms with Crippen molar-refractivity contribution in [1.82, 2.24) is 10.0 Å². The van der Waals surface area contributed by atoms with Crippen molar-refractivity contribution in [3.05, 3.63) is 40.4 Å². The number of hydrogen-bond donors (Lipinski definition) is 1. The summed E-state index contributed by atoms with van der Waals surface area (Å²) >= 11 is 5.92. The van der Waals surface area contributed by atoms with Crippen LogP contribution >= 0.6 is 11.6 Å². The minimum Gasteiger partial charge on any atom is -0.448 e. The number of benzene rings is 1. The van der Waals surface area contributed by atoms with Gasteiger partial charge in [-0.05, 0) is 39.0 Å². The van der Waals surface area contributed by atoms with Gasteiger partial charge in [0, 0.05) is 10.7 Å². The Hall–Kier alpha value is -2.21. The van der Waals surface area contributed by atoms with Gasteiger partial charge in [-0.1, -0.05) is 28.8 Å². The maximum Gasteiger partial charge on any atom is 0.429 e. The third kappa shape index (κ3) is 4.16. The summed E-state index contributed by atoms with van der Waals surface area (Å²) in [6.45, 7) is 6.52. The number of halogens is 1. The summed E-state index contributed by atoms with van der Waals surface area (Å²) in [5.41, 5.74) is 2.66. The van der Waals surface area contributed by atoms with Crippen molar-refractivity contribution in [3.63, 3.8) is 0 Å². The standard InChI is InChI=1S/C16H20ClN3O3/c1-4-23-16(22)20-10-12(3)11(2)9-19(20)15(21)18-14-7-5-6-13(17)8-14/h5-8H,4,9-10H2,1-3H3,(H,18,21). The molecule has 2 rings (SSSR count). The number of amides is 3. The number of urea groups is 1. The van der Waals surface area contributed by atoms with Crippen molar-refractivity contribution < 1.29 is 14.3 Å². The zero-order chi connectivity index (χ0) is 17.0. The molecule has 0 fully saturated rings. The molecule has 1 N–H and O–H groups in total. The predicted octanol–water partition coefficient (Wildman–Crippen LogP) is 3.90. The van der Waals surface area contributed by atoms with Crippen LogP contribution in [0.15, 0.2) is 35.4 Å². The molecular formula is C16H20ClN3O3. The van der Waals surface area contributed by atoms with E-state index in [0.717, 1.165) is 11.1 Å². The lowest BCUT2D eigenvalue weighted by atomic mass is 10.1. The Morgan fingerprint density at radius 2 is 1.87 bits per heavy atom. The second-order valence-electron chi connectivity index (χ2n) is 5.32. The minimum absolute atomic E-state index is 0.251. The fraction of sp³-hybridized carbons (Fsp3) is 0.375. The summed E-state index contributed by atoms with van der Waals surface area (Å²) in [6.07, 6.45) is -0.541. The van der Waals surface area contributed by atoms with Crippen molar-refractivity contribution in [3.8, 4) is 0 Å². The molecule has 3 amide bonds. The molecule has 1 heterocycles. The summed E-state index contributed by atoms with van der Waals surface area (Å²) in [6, 6.07) is 6.43. The van der Waals surface area contributed by atoms with Crippen molar-refractivity contribution in [2.75, 3.05) is 25.0 Å². The van der Waals surface area contributed by atoms with E-state index in [1.165, 1.54) is 10.0 Å². The molecule has 0 spiro atoms. The number of carbonyl (C=O) groups excluding carboxylic acids is 2. The van der Waals surface area contributed by atoms with Gasteiger partial charge in [-0.2, -0.15) is 0 Å². The molecule has 0 saturated heterocycles. The van der Waals surface area contributed by atoms with Gasteiger partial charge in [0.1, 0.15) is 0 Å². The molecular weight excluding hydrogens is 318 g/mol. The first kappa shape index (κ1) is 17.1. The summed E-state index contributed by atoms with van der Waals surface area (Å²) in [7, 11) is 0. The van der Waals surface area contributed by atoms with E-state index in [-0.39, 0.29) is 6.61 Å². The molecule has 1 aliphatic heterocycles. The lowest BCUT2D eigenvalue weighted by molar-refractivity contribution is 0.0153. The van der Waals surface area contributed by atoms with Gasteiger partial charge in [-0.15, -0.1) is 0 Å². The molecule has 23 heavy (non-hydrogen) atoms. The second-order valence-corrected chi connectivity index (χ2v) is 5.75. The van der Waals surface area contributed by atoms with Crippen molar-refractivity contribution >= 4 is 29.4 Å². The normalized spacial score (nSPS) is 14.8. The summed E-state index contributed by atoms with van der Waals surface area (Å²) in [5, 5.41) is 5.93. The monoisotopic (exact) mass is 337 g/mol. The van der Waals surface area contributed by atoms with Crippen LogP contribution in [0.3, 0.4) is 0 Å². The number of ether oxygens (including phenoxy) is 1. The van der Waals surface area contributed by atoms with Gasteiger partial charge in [-0.3, -0.25) is 0 Å². The summed E-state index contributed by atoms with van der Waals surface area (Å²) < 4.78 is 5.04. The van der Waals surface area contributed by atoms with Crippen LogP contribution in [0.25, 0.3) is 0 Å². The van der Waals surface area contributed by atoms with Crippen LogP contribution in [0.5, 0.6) is 0 Å². The quantitative estimate of drug-likeness (QED) is 0.832. The Morgan fingerprint density at radius 3 is 2.48 bits per heavy atom. The summed E-state index contributed by atoms with van der Waals surface area (Å²) in [5.74, 6) is 0. The smallest absolute Gasteiger partial charge is 0.429 e. The average molecular weight is 338 g/mol. The zero-order valence-electron chi connectivity index (χ0n) is 13.4. The highest BCUT2D eigenvalue weighted by Gasteiger charge is 2.31. The van der Waals surface area contributed by atoms with E-state index in [4.69, 9.17) is 16.3 Å². The number of anilines is 1. The molecule has 1 aliphatic rings. The first-order valence-electron chi connectivity index (χ1n) is 7.36. The Bertz CT molecular complexity index is 645. The Kier molecular flexibility index (Phi) is 5.50. The molecule has 0 unspecified atom stereocenters. The van der Waals surface area contributed by atoms with E-state index in [9.17, 15) is 9.59 Å². The molecule has 0 bridgehead atoms. The van der Waals surface area contributed by atoms with Gasteiger partial charge in [-0.25, -0.2) is 19.6 Å². The SMILES string of the molecule is CCOC(=O)N1CC(C)=C(C)CN1C(=O)Nc1cccc(Cl)c1. The maximum absolute atomic E-state index is 12.5. The molecule has 0 aromatic heterocycles. The van der Waals surface area contributed by atoms with Gasteiger partial charge in [0.2, 0.25) is 0 Å². The van der Waals surface area contributed by atoms with E-state index in [0.29, 0.717) is 23.8 Å². The second kappa shape index (κ2) is 7.37. The molecule has 0 radical (unpaired) electrons. The van der Waals surface area contributed by atoms with E-state index in [1.54, 1.807) is 31.2 Å². The van der Waals surface area contributed by atoms with E-state index >= 15 is 0 Å². The van der Waals surface area contributed by atoms with Crippen molar-refractivity contribution in [1.29, 1.82) is 0 Å². The van der Waals surface area contributed by atoms with E-state index in [1.807, 2.05) is 13.8 Å². The number of hydrogen-bond acceptors (Lipinski definition) is 3. The molecule has 0 aliphatic carbocycles. The van der Waals surface area contributed by atoms with Crippen molar-refractivity contribution in [2.24, 2.45) is 0 Å². The topological polar surface area (TPSA) is 61.9 Å². The van der Waals surface area contributed by atoms with Gasteiger partial charge in [0.05, 0.1) is 19.7 Å². The highest BCUT2D eigenvalue weighted by atomic mass is 35.5. The highest BCUT2D eigenvalue weighted by molar-refractivity contribution is 6.30. The number of nitrogens with zero attached hydrogens (tertiary/aromatic N) is 2. The van der Waals surface area contributed by atoms with Crippen molar-refractivity contribution in [2.45, 2.75) is 20.8 Å². The van der Waals surface area contributed by atoms with Crippen LogP contribution in [0.4, 0.5) is 15.3 Å². The van der Waals surface area contributed by atoms with Crippen LogP contribution in [0.2, 0.25) is 5.02 Å². The molecule has 1 aromatic rings. The number of hydrazine groups is 1. The van der Waals surface area contributed by atoms with Crippen LogP contribution in [-0.2, 0) is 4.74 Å². The van der Waals surface area contributed by atoms with Gasteiger partial charge in [0.25, 0.3) is 0 Å². The zero-order valence-corrected chi connectivity index (χ0v) is 14.2. The first-order valence-corrected chi connectivity index (χ1v) is 7.73. The number of rotatable bonds is 2. The lowest BCUT2D eigenvalue weighted by Gasteiger charge is -2.38. The first-order chi connectivity index (χ1) is 10.9. The van der Waals surface area contributed by atoms with Crippen LogP contribution < -0.4 is 5.32 Å². The third-order valence-electron chi connectivity index (χ3n) is 3.58. The predicted molar refractivity (Wildman–Crippen MR) is 89.3 cm³/mol. The van der Waals surface area contributed by atoms with Gasteiger partial charge >= 0.3 is 12.1 Å². The van der Waals surface area contributed by atoms with E-state index in [2.05, 4.69) is 5.32 Å². The molecule has 0 saturated carbocycles. The largest absolute Gasteiger partial charge is 0.448 e. The summed E-state index contributed by atoms with van der Waals surface area (Å²) in [4.78, 5) is 24.7. The minimum atomic E-state index is -0.541. The Labute approximate surface area is 140 Å². The fourth-order valence-corrected chi connectivity index (χ4v) is 2.38. The third-order valence-corrected chi connectivity index (χ3v) is 3.82. The lowest BCUT2D eigenvalue weighted by Crippen LogP contribution is -2.55. The molecule has 6 nitrogen and oxygen atoms in total. The highest BCUT2D eigenvalue weighted by Crippen LogP contribution is 2.21. The molecule has 7 heteroatoms. The van der Waals surface area contributed by atoms with Gasteiger partial charge < -0.3 is 10.1 Å². The number of carbonyl (C=O) groups is 2. The van der Waals surface area contributed by atoms with Crippen LogP contribution in [0.1, 0.15) is 20.8 Å². The van der Waals surface area contributed by atoms with E-state index < -0.39 is 12.1 Å². The maximum atomic E-state index is 12.5. The van der Waals surface area contributed by atoms with Crippen LogP contribution in [0, 0.1) is 0 Å². The van der Waals surface area contributed by atoms with Gasteiger partial charge in [0.15, 0.2) is 0 Å². The molecule has 1 aromatic carbocycles. The molecule has 0 atom stereocenters. The Morgan fingerprint density at radius 1 is 1.22 bits per heavy atom.